The number of anilines is 1. The maximum Gasteiger partial charge on any atom is 0.408 e. The number of hydrogen-bond acceptors (Lipinski definition) is 6. The summed E-state index contributed by atoms with van der Waals surface area (Å²) < 4.78 is 20.3. The van der Waals surface area contributed by atoms with E-state index in [1.165, 1.54) is 28.8 Å². The van der Waals surface area contributed by atoms with Gasteiger partial charge in [0, 0.05) is 15.7 Å². The molecule has 0 aromatic heterocycles. The van der Waals surface area contributed by atoms with E-state index >= 15 is 0 Å². The highest BCUT2D eigenvalue weighted by Crippen LogP contribution is 2.37. The fourth-order valence-electron chi connectivity index (χ4n) is 3.41. The van der Waals surface area contributed by atoms with Crippen molar-refractivity contribution in [3.05, 3.63) is 58.4 Å². The van der Waals surface area contributed by atoms with E-state index in [1.807, 2.05) is 13.8 Å². The van der Waals surface area contributed by atoms with Crippen molar-refractivity contribution in [1.82, 2.24) is 10.8 Å². The first-order valence-electron chi connectivity index (χ1n) is 11.8. The van der Waals surface area contributed by atoms with Crippen LogP contribution in [0.4, 0.5) is 14.9 Å². The smallest absolute Gasteiger partial charge is 0.408 e. The number of nitrogens with one attached hydrogen (secondary N) is 2. The molecule has 1 heterocycles. The Kier molecular flexibility index (Phi) is 9.44. The van der Waals surface area contributed by atoms with Crippen molar-refractivity contribution in [3.8, 4) is 0 Å². The van der Waals surface area contributed by atoms with Crippen LogP contribution in [0.2, 0.25) is 5.02 Å². The largest absolute Gasteiger partial charge is 0.444 e. The molecular weight excluding hydrogens is 521 g/mol. The third-order valence-electron chi connectivity index (χ3n) is 5.08. The molecule has 200 valence electrons. The van der Waals surface area contributed by atoms with E-state index in [-0.39, 0.29) is 30.4 Å². The molecule has 0 unspecified atom stereocenters. The van der Waals surface area contributed by atoms with Crippen LogP contribution in [0.3, 0.4) is 0 Å². The van der Waals surface area contributed by atoms with Crippen molar-refractivity contribution in [3.63, 3.8) is 0 Å². The second kappa shape index (κ2) is 12.1. The van der Waals surface area contributed by atoms with Crippen LogP contribution in [0.25, 0.3) is 0 Å². The summed E-state index contributed by atoms with van der Waals surface area (Å²) in [5.74, 6) is -1.64. The zero-order chi connectivity index (χ0) is 27.3. The van der Waals surface area contributed by atoms with Gasteiger partial charge in [-0.15, -0.1) is 11.8 Å². The highest BCUT2D eigenvalue weighted by Gasteiger charge is 2.34. The minimum Gasteiger partial charge on any atom is -0.444 e. The molecule has 1 aliphatic rings. The zero-order valence-electron chi connectivity index (χ0n) is 21.4. The second-order valence-electron chi connectivity index (χ2n) is 10.00. The Bertz CT molecular complexity index is 1150. The molecule has 8 nitrogen and oxygen atoms in total. The number of fused-ring (bicyclic) bond motifs is 1. The molecule has 2 aromatic rings. The van der Waals surface area contributed by atoms with Crippen LogP contribution in [0.1, 0.15) is 50.5 Å². The fourth-order valence-corrected chi connectivity index (χ4v) is 4.61. The summed E-state index contributed by atoms with van der Waals surface area (Å²) in [7, 11) is 0. The standard InChI is InChI=1S/C26H31ClFN3O5S/c1-15(2)13-35-30-23(32)18-10-21-22(11-19(18)28)37-14-20(29-25(34)36-26(3,4)5)24(33)31(21)12-16-6-8-17(27)9-7-16/h6-11,15,20H,12-14H2,1-5H3,(H,29,34)(H,30,32)/t20-/m0/s1. The molecule has 0 aliphatic carbocycles. The minimum atomic E-state index is -0.950. The average molecular weight is 552 g/mol. The number of hydrogen-bond donors (Lipinski definition) is 2. The molecule has 0 radical (unpaired) electrons. The summed E-state index contributed by atoms with van der Waals surface area (Å²) in [4.78, 5) is 45.9. The van der Waals surface area contributed by atoms with Crippen molar-refractivity contribution < 1.29 is 28.3 Å². The van der Waals surface area contributed by atoms with E-state index < -0.39 is 35.4 Å². The van der Waals surface area contributed by atoms with Crippen LogP contribution < -0.4 is 15.7 Å². The number of hydroxylamine groups is 1. The van der Waals surface area contributed by atoms with E-state index in [2.05, 4.69) is 10.8 Å². The van der Waals surface area contributed by atoms with E-state index in [9.17, 15) is 18.8 Å². The number of halogens is 2. The Morgan fingerprint density at radius 2 is 1.89 bits per heavy atom. The SMILES string of the molecule is CC(C)CONC(=O)c1cc2c(cc1F)SC[C@H](NC(=O)OC(C)(C)C)C(=O)N2Cc1ccc(Cl)cc1. The number of nitrogens with zero attached hydrogens (tertiary/aromatic N) is 1. The monoisotopic (exact) mass is 551 g/mol. The summed E-state index contributed by atoms with van der Waals surface area (Å²) in [5.41, 5.74) is 2.33. The first-order chi connectivity index (χ1) is 17.3. The summed E-state index contributed by atoms with van der Waals surface area (Å²) in [5, 5.41) is 3.16. The van der Waals surface area contributed by atoms with Gasteiger partial charge in [-0.05, 0) is 56.5 Å². The molecule has 0 bridgehead atoms. The Balaban J connectivity index is 1.96. The molecule has 3 rings (SSSR count). The van der Waals surface area contributed by atoms with Crippen molar-refractivity contribution in [2.75, 3.05) is 17.3 Å². The van der Waals surface area contributed by atoms with E-state index in [0.29, 0.717) is 15.6 Å². The molecule has 3 amide bonds. The quantitative estimate of drug-likeness (QED) is 0.452. The fraction of sp³-hybridized carbons (Fsp3) is 0.423. The predicted octanol–water partition coefficient (Wildman–Crippen LogP) is 5.33. The topological polar surface area (TPSA) is 97.0 Å². The highest BCUT2D eigenvalue weighted by atomic mass is 35.5. The number of amides is 3. The van der Waals surface area contributed by atoms with Gasteiger partial charge in [0.1, 0.15) is 17.5 Å². The molecule has 0 saturated heterocycles. The summed E-state index contributed by atoms with van der Waals surface area (Å²) in [6, 6.07) is 8.52. The van der Waals surface area contributed by atoms with Gasteiger partial charge in [0.05, 0.1) is 24.4 Å². The van der Waals surface area contributed by atoms with E-state index in [4.69, 9.17) is 21.2 Å². The Morgan fingerprint density at radius 3 is 2.51 bits per heavy atom. The zero-order valence-corrected chi connectivity index (χ0v) is 23.0. The molecule has 1 aliphatic heterocycles. The molecule has 0 saturated carbocycles. The lowest BCUT2D eigenvalue weighted by Crippen LogP contribution is -2.50. The first kappa shape index (κ1) is 28.7. The number of benzene rings is 2. The Morgan fingerprint density at radius 1 is 1.22 bits per heavy atom. The molecular formula is C26H31ClFN3O5S. The minimum absolute atomic E-state index is 0.104. The molecule has 11 heteroatoms. The average Bonchev–Trinajstić information content (AvgIpc) is 2.90. The van der Waals surface area contributed by atoms with Gasteiger partial charge in [-0.3, -0.25) is 14.4 Å². The highest BCUT2D eigenvalue weighted by molar-refractivity contribution is 7.99. The number of rotatable bonds is 7. The maximum absolute atomic E-state index is 15.0. The van der Waals surface area contributed by atoms with Crippen LogP contribution in [0, 0.1) is 11.7 Å². The maximum atomic E-state index is 15.0. The third-order valence-corrected chi connectivity index (χ3v) is 6.47. The van der Waals surface area contributed by atoms with Crippen LogP contribution >= 0.6 is 23.4 Å². The lowest BCUT2D eigenvalue weighted by molar-refractivity contribution is -0.120. The number of ether oxygens (including phenoxy) is 1. The summed E-state index contributed by atoms with van der Waals surface area (Å²) in [6.45, 7) is 9.35. The van der Waals surface area contributed by atoms with Crippen LogP contribution in [-0.4, -0.2) is 41.9 Å². The van der Waals surface area contributed by atoms with Gasteiger partial charge in [-0.2, -0.15) is 0 Å². The Labute approximate surface area is 225 Å². The molecule has 37 heavy (non-hydrogen) atoms. The summed E-state index contributed by atoms with van der Waals surface area (Å²) in [6.07, 6.45) is -0.739. The van der Waals surface area contributed by atoms with Crippen LogP contribution in [-0.2, 0) is 20.9 Å². The van der Waals surface area contributed by atoms with Crippen molar-refractivity contribution >= 4 is 47.0 Å². The lowest BCUT2D eigenvalue weighted by Gasteiger charge is -2.27. The number of carbonyl (C=O) groups is 3. The molecule has 0 spiro atoms. The number of thioether (sulfide) groups is 1. The molecule has 1 atom stereocenters. The molecule has 0 fully saturated rings. The van der Waals surface area contributed by atoms with Crippen LogP contribution in [0.15, 0.2) is 41.3 Å². The van der Waals surface area contributed by atoms with Crippen molar-refractivity contribution in [1.29, 1.82) is 0 Å². The van der Waals surface area contributed by atoms with Gasteiger partial charge in [0.15, 0.2) is 0 Å². The molecule has 2 aromatic carbocycles. The van der Waals surface area contributed by atoms with Gasteiger partial charge in [-0.25, -0.2) is 14.7 Å². The van der Waals surface area contributed by atoms with E-state index in [0.717, 1.165) is 5.56 Å². The second-order valence-corrected chi connectivity index (χ2v) is 11.5. The summed E-state index contributed by atoms with van der Waals surface area (Å²) >= 11 is 7.21. The lowest BCUT2D eigenvalue weighted by atomic mass is 10.1. The van der Waals surface area contributed by atoms with Gasteiger partial charge >= 0.3 is 6.09 Å². The van der Waals surface area contributed by atoms with Crippen molar-refractivity contribution in [2.45, 2.75) is 57.7 Å². The number of alkyl carbamates (subject to hydrolysis) is 1. The van der Waals surface area contributed by atoms with Crippen LogP contribution in [0.5, 0.6) is 0 Å². The third kappa shape index (κ3) is 8.08. The first-order valence-corrected chi connectivity index (χ1v) is 13.1. The van der Waals surface area contributed by atoms with Crippen molar-refractivity contribution in [2.24, 2.45) is 5.92 Å². The Hall–Kier alpha value is -2.82. The van der Waals surface area contributed by atoms with E-state index in [1.54, 1.807) is 45.0 Å². The van der Waals surface area contributed by atoms with Gasteiger partial charge < -0.3 is 15.0 Å². The van der Waals surface area contributed by atoms with Gasteiger partial charge in [0.25, 0.3) is 11.8 Å². The number of carbonyl (C=O) groups excluding carboxylic acids is 3. The molecule has 2 N–H and O–H groups in total. The normalized spacial score (nSPS) is 15.7. The predicted molar refractivity (Wildman–Crippen MR) is 141 cm³/mol. The van der Waals surface area contributed by atoms with Gasteiger partial charge in [0.2, 0.25) is 0 Å². The van der Waals surface area contributed by atoms with Gasteiger partial charge in [-0.1, -0.05) is 37.6 Å².